The van der Waals surface area contributed by atoms with Crippen molar-refractivity contribution < 1.29 is 23.5 Å². The van der Waals surface area contributed by atoms with Crippen LogP contribution >= 0.6 is 0 Å². The third kappa shape index (κ3) is 11.0. The first-order valence-electron chi connectivity index (χ1n) is 21.2. The minimum Gasteiger partial charge on any atom is -0.465 e. The standard InChI is InChI=1S/C45H68N6O5Si/c1-10-12-22-49(23-13-11-2)43(53)40-32-50(24-16-21-48-27-25-47(6)26-28-48)41(46-40)38-20-19-35(44(54)55-7)30-39(38)42(52)51-31-36-18-15-14-17-34(36)29-37(51)33-56-57(8,9)45(3,4)5/h14-15,17-20,30,32,37H,10-13,16,21-29,31,33H2,1-9H3/t37-/m0/s1. The van der Waals surface area contributed by atoms with Gasteiger partial charge in [-0.05, 0) is 86.7 Å². The number of nitrogens with zero attached hydrogens (tertiary/aromatic N) is 6. The first-order valence-corrected chi connectivity index (χ1v) is 24.1. The van der Waals surface area contributed by atoms with E-state index in [1.54, 1.807) is 18.2 Å². The zero-order valence-electron chi connectivity index (χ0n) is 36.2. The van der Waals surface area contributed by atoms with E-state index in [9.17, 15) is 9.59 Å². The van der Waals surface area contributed by atoms with Gasteiger partial charge in [-0.15, -0.1) is 0 Å². The molecule has 1 fully saturated rings. The maximum atomic E-state index is 15.2. The van der Waals surface area contributed by atoms with Crippen LogP contribution in [0.3, 0.4) is 0 Å². The highest BCUT2D eigenvalue weighted by atomic mass is 28.4. The zero-order valence-corrected chi connectivity index (χ0v) is 37.2. The second-order valence-corrected chi connectivity index (χ2v) is 22.3. The van der Waals surface area contributed by atoms with E-state index in [-0.39, 0.29) is 28.5 Å². The normalized spacial score (nSPS) is 16.7. The molecule has 0 radical (unpaired) electrons. The number of carbonyl (C=O) groups excluding carboxylic acids is 3. The largest absolute Gasteiger partial charge is 0.465 e. The third-order valence-corrected chi connectivity index (χ3v) is 16.8. The first-order chi connectivity index (χ1) is 27.2. The highest BCUT2D eigenvalue weighted by molar-refractivity contribution is 6.74. The SMILES string of the molecule is CCCCN(CCCC)C(=O)c1cn(CCCN2CCN(C)CC2)c(-c2ccc(C(=O)OC)cc2C(=O)N2Cc3ccccc3C[C@H]2CO[Si](C)(C)C(C)(C)C)n1. The van der Waals surface area contributed by atoms with E-state index in [0.717, 1.165) is 70.4 Å². The molecule has 57 heavy (non-hydrogen) atoms. The van der Waals surface area contributed by atoms with Crippen molar-refractivity contribution in [3.05, 3.63) is 76.6 Å². The fourth-order valence-electron chi connectivity index (χ4n) is 7.43. The highest BCUT2D eigenvalue weighted by Crippen LogP contribution is 2.38. The summed E-state index contributed by atoms with van der Waals surface area (Å²) in [5.41, 5.74) is 3.91. The molecule has 312 valence electrons. The molecular formula is C45H68N6O5Si. The number of aromatic nitrogens is 2. The van der Waals surface area contributed by atoms with Crippen molar-refractivity contribution in [2.24, 2.45) is 0 Å². The number of esters is 1. The molecule has 5 rings (SSSR count). The van der Waals surface area contributed by atoms with Crippen molar-refractivity contribution in [3.8, 4) is 11.4 Å². The number of hydrogen-bond donors (Lipinski definition) is 0. The summed E-state index contributed by atoms with van der Waals surface area (Å²) in [6, 6.07) is 13.2. The molecule has 0 spiro atoms. The molecule has 0 N–H and O–H groups in total. The fraction of sp³-hybridized carbons (Fsp3) is 0.600. The molecule has 1 saturated heterocycles. The molecule has 0 unspecified atom stereocenters. The Kier molecular flexibility index (Phi) is 15.3. The number of methoxy groups -OCH3 is 1. The van der Waals surface area contributed by atoms with Gasteiger partial charge in [0.2, 0.25) is 0 Å². The summed E-state index contributed by atoms with van der Waals surface area (Å²) < 4.78 is 14.0. The second kappa shape index (κ2) is 19.7. The van der Waals surface area contributed by atoms with Crippen molar-refractivity contribution in [2.45, 2.75) is 110 Å². The van der Waals surface area contributed by atoms with Crippen LogP contribution in [0.5, 0.6) is 0 Å². The van der Waals surface area contributed by atoms with Gasteiger partial charge in [0.15, 0.2) is 8.32 Å². The number of fused-ring (bicyclic) bond motifs is 1. The Morgan fingerprint density at radius 3 is 2.21 bits per heavy atom. The van der Waals surface area contributed by atoms with E-state index in [1.807, 2.05) is 28.1 Å². The van der Waals surface area contributed by atoms with E-state index in [0.29, 0.717) is 61.9 Å². The van der Waals surface area contributed by atoms with Gasteiger partial charge in [0.05, 0.1) is 30.9 Å². The number of ether oxygens (including phenoxy) is 1. The molecule has 0 saturated carbocycles. The average molecular weight is 801 g/mol. The minimum absolute atomic E-state index is 0.00958. The summed E-state index contributed by atoms with van der Waals surface area (Å²) in [5, 5.41) is 0.00958. The Morgan fingerprint density at radius 1 is 0.912 bits per heavy atom. The van der Waals surface area contributed by atoms with Crippen LogP contribution < -0.4 is 0 Å². The number of carbonyl (C=O) groups is 3. The zero-order chi connectivity index (χ0) is 41.3. The number of amides is 2. The van der Waals surface area contributed by atoms with Gasteiger partial charge in [0, 0.05) is 64.1 Å². The summed E-state index contributed by atoms with van der Waals surface area (Å²) in [5.74, 6) is -0.271. The number of unbranched alkanes of at least 4 members (excludes halogenated alkanes) is 2. The summed E-state index contributed by atoms with van der Waals surface area (Å²) in [6.07, 6.45) is 7.21. The van der Waals surface area contributed by atoms with Gasteiger partial charge in [-0.1, -0.05) is 71.7 Å². The van der Waals surface area contributed by atoms with Gasteiger partial charge >= 0.3 is 5.97 Å². The predicted molar refractivity (Wildman–Crippen MR) is 230 cm³/mol. The summed E-state index contributed by atoms with van der Waals surface area (Å²) in [4.78, 5) is 56.3. The average Bonchev–Trinajstić information content (AvgIpc) is 3.62. The van der Waals surface area contributed by atoms with Crippen LogP contribution in [-0.4, -0.2) is 128 Å². The van der Waals surface area contributed by atoms with Crippen molar-refractivity contribution in [2.75, 3.05) is 66.6 Å². The van der Waals surface area contributed by atoms with Crippen LogP contribution in [0.15, 0.2) is 48.7 Å². The van der Waals surface area contributed by atoms with Gasteiger partial charge in [-0.25, -0.2) is 9.78 Å². The number of hydrogen-bond acceptors (Lipinski definition) is 8. The molecule has 1 atom stereocenters. The molecular weight excluding hydrogens is 733 g/mol. The van der Waals surface area contributed by atoms with Gasteiger partial charge < -0.3 is 33.3 Å². The van der Waals surface area contributed by atoms with Crippen molar-refractivity contribution in [1.82, 2.24) is 29.2 Å². The van der Waals surface area contributed by atoms with Crippen LogP contribution in [-0.2, 0) is 28.7 Å². The third-order valence-electron chi connectivity index (χ3n) is 12.3. The summed E-state index contributed by atoms with van der Waals surface area (Å²) in [7, 11) is 1.37. The lowest BCUT2D eigenvalue weighted by molar-refractivity contribution is 0.0554. The predicted octanol–water partition coefficient (Wildman–Crippen LogP) is 7.61. The van der Waals surface area contributed by atoms with Gasteiger partial charge in [-0.2, -0.15) is 0 Å². The number of piperazine rings is 1. The van der Waals surface area contributed by atoms with Gasteiger partial charge in [0.25, 0.3) is 11.8 Å². The molecule has 11 nitrogen and oxygen atoms in total. The number of likely N-dealkylation sites (N-methyl/N-ethyl adjacent to an activating group) is 1. The number of rotatable bonds is 17. The van der Waals surface area contributed by atoms with Crippen LogP contribution in [0.2, 0.25) is 18.1 Å². The Morgan fingerprint density at radius 2 is 1.58 bits per heavy atom. The quantitative estimate of drug-likeness (QED) is 0.102. The van der Waals surface area contributed by atoms with Crippen LogP contribution in [0.1, 0.15) is 109 Å². The Balaban J connectivity index is 1.58. The molecule has 2 aromatic carbocycles. The van der Waals surface area contributed by atoms with E-state index >= 15 is 4.79 Å². The number of aryl methyl sites for hydroxylation is 1. The van der Waals surface area contributed by atoms with E-state index in [1.165, 1.54) is 12.7 Å². The van der Waals surface area contributed by atoms with E-state index in [2.05, 4.69) is 81.3 Å². The second-order valence-electron chi connectivity index (χ2n) is 17.5. The maximum absolute atomic E-state index is 15.2. The lowest BCUT2D eigenvalue weighted by Gasteiger charge is -2.41. The fourth-order valence-corrected chi connectivity index (χ4v) is 8.47. The molecule has 2 aliphatic heterocycles. The Bertz CT molecular complexity index is 1820. The minimum atomic E-state index is -2.14. The van der Waals surface area contributed by atoms with Crippen LogP contribution in [0.4, 0.5) is 0 Å². The highest BCUT2D eigenvalue weighted by Gasteiger charge is 2.40. The Labute approximate surface area is 342 Å². The molecule has 2 aliphatic rings. The van der Waals surface area contributed by atoms with E-state index < -0.39 is 14.3 Å². The molecule has 2 amide bonds. The van der Waals surface area contributed by atoms with Crippen LogP contribution in [0.25, 0.3) is 11.4 Å². The number of benzene rings is 2. The maximum Gasteiger partial charge on any atom is 0.337 e. The monoisotopic (exact) mass is 801 g/mol. The molecule has 3 heterocycles. The molecule has 0 bridgehead atoms. The summed E-state index contributed by atoms with van der Waals surface area (Å²) in [6.45, 7) is 23.3. The van der Waals surface area contributed by atoms with Crippen molar-refractivity contribution in [3.63, 3.8) is 0 Å². The molecule has 1 aromatic heterocycles. The van der Waals surface area contributed by atoms with Gasteiger partial charge in [0.1, 0.15) is 11.5 Å². The smallest absolute Gasteiger partial charge is 0.337 e. The first kappa shape index (κ1) is 44.3. The lowest BCUT2D eigenvalue weighted by atomic mass is 9.92. The molecule has 12 heteroatoms. The molecule has 0 aliphatic carbocycles. The Hall–Kier alpha value is -3.84. The summed E-state index contributed by atoms with van der Waals surface area (Å²) >= 11 is 0. The molecule has 3 aromatic rings. The topological polar surface area (TPSA) is 100 Å². The number of imidazole rings is 1. The van der Waals surface area contributed by atoms with Crippen LogP contribution in [0, 0.1) is 0 Å². The van der Waals surface area contributed by atoms with Crippen molar-refractivity contribution in [1.29, 1.82) is 0 Å². The van der Waals surface area contributed by atoms with Gasteiger partial charge in [-0.3, -0.25) is 9.59 Å². The van der Waals surface area contributed by atoms with E-state index in [4.69, 9.17) is 14.1 Å². The lowest BCUT2D eigenvalue weighted by Crippen LogP contribution is -2.50. The van der Waals surface area contributed by atoms with Crippen molar-refractivity contribution >= 4 is 26.1 Å².